The lowest BCUT2D eigenvalue weighted by atomic mass is 10.2. The summed E-state index contributed by atoms with van der Waals surface area (Å²) in [5.41, 5.74) is 0. The van der Waals surface area contributed by atoms with E-state index in [1.165, 1.54) is 0 Å². The van der Waals surface area contributed by atoms with Gasteiger partial charge in [0.1, 0.15) is 0 Å². The molecule has 3 saturated heterocycles. The topological polar surface area (TPSA) is 63.6 Å². The maximum absolute atomic E-state index is 6.12. The zero-order chi connectivity index (χ0) is 14.4. The van der Waals surface area contributed by atoms with E-state index in [1.807, 2.05) is 0 Å². The third-order valence-electron chi connectivity index (χ3n) is 4.37. The Morgan fingerprint density at radius 3 is 2.62 bits per heavy atom. The normalized spacial score (nSPS) is 32.0. The molecule has 0 saturated carbocycles. The van der Waals surface area contributed by atoms with Gasteiger partial charge in [-0.15, -0.1) is 0 Å². The Balaban J connectivity index is 1.63. The van der Waals surface area contributed by atoms with Crippen molar-refractivity contribution in [3.8, 4) is 0 Å². The van der Waals surface area contributed by atoms with Gasteiger partial charge in [0, 0.05) is 13.1 Å². The first-order chi connectivity index (χ1) is 10.2. The number of hydrogen-bond acceptors (Lipinski definition) is 7. The van der Waals surface area contributed by atoms with E-state index < -0.39 is 0 Å². The summed E-state index contributed by atoms with van der Waals surface area (Å²) in [6.45, 7) is 5.82. The quantitative estimate of drug-likeness (QED) is 0.797. The third kappa shape index (κ3) is 2.43. The minimum absolute atomic E-state index is 0.239. The Labute approximate surface area is 128 Å². The average molecular weight is 312 g/mol. The van der Waals surface area contributed by atoms with E-state index in [0.717, 1.165) is 26.1 Å². The second kappa shape index (κ2) is 5.23. The van der Waals surface area contributed by atoms with Crippen LogP contribution >= 0.6 is 11.6 Å². The molecule has 3 aliphatic heterocycles. The highest BCUT2D eigenvalue weighted by Gasteiger charge is 2.40. The smallest absolute Gasteiger partial charge is 0.231 e. The van der Waals surface area contributed by atoms with E-state index in [0.29, 0.717) is 37.3 Å². The van der Waals surface area contributed by atoms with Crippen molar-refractivity contribution >= 4 is 23.5 Å². The molecule has 4 heterocycles. The number of aromatic nitrogens is 3. The van der Waals surface area contributed by atoms with Crippen molar-refractivity contribution < 1.29 is 9.47 Å². The maximum Gasteiger partial charge on any atom is 0.231 e. The van der Waals surface area contributed by atoms with Crippen LogP contribution in [0.1, 0.15) is 13.3 Å². The van der Waals surface area contributed by atoms with Crippen LogP contribution in [0.2, 0.25) is 5.28 Å². The summed E-state index contributed by atoms with van der Waals surface area (Å²) in [5, 5.41) is 0.248. The van der Waals surface area contributed by atoms with Gasteiger partial charge in [0.2, 0.25) is 17.2 Å². The Hall–Kier alpha value is -1.18. The largest absolute Gasteiger partial charge is 0.377 e. The van der Waals surface area contributed by atoms with Crippen molar-refractivity contribution in [1.82, 2.24) is 15.0 Å². The number of ether oxygens (including phenoxy) is 2. The van der Waals surface area contributed by atoms with Gasteiger partial charge in [-0.05, 0) is 24.9 Å². The Bertz CT molecular complexity index is 525. The fraction of sp³-hybridized carbons (Fsp3) is 0.769. The summed E-state index contributed by atoms with van der Waals surface area (Å²) >= 11 is 6.12. The van der Waals surface area contributed by atoms with Crippen molar-refractivity contribution in [3.63, 3.8) is 0 Å². The van der Waals surface area contributed by atoms with E-state index in [-0.39, 0.29) is 11.3 Å². The van der Waals surface area contributed by atoms with Crippen LogP contribution < -0.4 is 9.80 Å². The van der Waals surface area contributed by atoms with Crippen molar-refractivity contribution in [3.05, 3.63) is 5.28 Å². The third-order valence-corrected chi connectivity index (χ3v) is 4.54. The molecule has 0 aromatic carbocycles. The molecule has 3 aliphatic rings. The van der Waals surface area contributed by atoms with Crippen LogP contribution in [-0.2, 0) is 9.47 Å². The SMILES string of the molecule is C[C@@H]1COCCN1c1nc(Cl)nc(N2C[C@H]3C[C@@H]2CO3)n1. The van der Waals surface area contributed by atoms with Gasteiger partial charge in [-0.1, -0.05) is 0 Å². The van der Waals surface area contributed by atoms with Gasteiger partial charge in [0.15, 0.2) is 0 Å². The van der Waals surface area contributed by atoms with Gasteiger partial charge in [0.25, 0.3) is 0 Å². The molecule has 2 bridgehead atoms. The highest BCUT2D eigenvalue weighted by atomic mass is 35.5. The summed E-state index contributed by atoms with van der Waals surface area (Å²) in [6, 6.07) is 0.604. The molecule has 4 rings (SSSR count). The van der Waals surface area contributed by atoms with Crippen molar-refractivity contribution in [2.75, 3.05) is 42.7 Å². The second-order valence-electron chi connectivity index (χ2n) is 5.82. The molecule has 0 N–H and O–H groups in total. The Kier molecular flexibility index (Phi) is 3.35. The molecule has 1 aromatic heterocycles. The fourth-order valence-corrected chi connectivity index (χ4v) is 3.41. The van der Waals surface area contributed by atoms with Gasteiger partial charge in [0.05, 0.1) is 38.0 Å². The van der Waals surface area contributed by atoms with Crippen LogP contribution in [0.25, 0.3) is 0 Å². The molecule has 21 heavy (non-hydrogen) atoms. The molecular weight excluding hydrogens is 294 g/mol. The molecule has 1 aromatic rings. The molecule has 0 aliphatic carbocycles. The summed E-state index contributed by atoms with van der Waals surface area (Å²) in [6.07, 6.45) is 1.35. The zero-order valence-electron chi connectivity index (χ0n) is 11.9. The van der Waals surface area contributed by atoms with Crippen molar-refractivity contribution in [2.24, 2.45) is 0 Å². The second-order valence-corrected chi connectivity index (χ2v) is 6.16. The standard InChI is InChI=1S/C13H18ClN5O2/c1-8-6-20-3-2-18(8)12-15-11(14)16-13(17-12)19-5-10-4-9(19)7-21-10/h8-10H,2-7H2,1H3/t8-,9-,10-/m1/s1. The maximum atomic E-state index is 6.12. The van der Waals surface area contributed by atoms with Crippen LogP contribution in [0.15, 0.2) is 0 Å². The van der Waals surface area contributed by atoms with Gasteiger partial charge in [-0.2, -0.15) is 15.0 Å². The van der Waals surface area contributed by atoms with Crippen LogP contribution in [0.3, 0.4) is 0 Å². The number of morpholine rings is 2. The minimum atomic E-state index is 0.239. The van der Waals surface area contributed by atoms with E-state index >= 15 is 0 Å². The van der Waals surface area contributed by atoms with Crippen LogP contribution in [-0.4, -0.2) is 66.0 Å². The number of nitrogens with zero attached hydrogens (tertiary/aromatic N) is 5. The zero-order valence-corrected chi connectivity index (χ0v) is 12.7. The molecular formula is C13H18ClN5O2. The molecule has 0 amide bonds. The van der Waals surface area contributed by atoms with E-state index in [2.05, 4.69) is 31.7 Å². The summed E-state index contributed by atoms with van der Waals surface area (Å²) < 4.78 is 11.1. The number of rotatable bonds is 2. The molecule has 8 heteroatoms. The van der Waals surface area contributed by atoms with Crippen LogP contribution in [0.5, 0.6) is 0 Å². The Morgan fingerprint density at radius 2 is 1.95 bits per heavy atom. The lowest BCUT2D eigenvalue weighted by molar-refractivity contribution is 0.0974. The van der Waals surface area contributed by atoms with Crippen LogP contribution in [0.4, 0.5) is 11.9 Å². The summed E-state index contributed by atoms with van der Waals surface area (Å²) in [4.78, 5) is 17.6. The van der Waals surface area contributed by atoms with Crippen LogP contribution in [0, 0.1) is 0 Å². The highest BCUT2D eigenvalue weighted by Crippen LogP contribution is 2.31. The van der Waals surface area contributed by atoms with E-state index in [4.69, 9.17) is 21.1 Å². The minimum Gasteiger partial charge on any atom is -0.377 e. The van der Waals surface area contributed by atoms with Gasteiger partial charge in [-0.25, -0.2) is 0 Å². The lowest BCUT2D eigenvalue weighted by Gasteiger charge is -2.34. The lowest BCUT2D eigenvalue weighted by Crippen LogP contribution is -2.45. The number of halogens is 1. The first-order valence-corrected chi connectivity index (χ1v) is 7.72. The monoisotopic (exact) mass is 311 g/mol. The van der Waals surface area contributed by atoms with E-state index in [9.17, 15) is 0 Å². The summed E-state index contributed by atoms with van der Waals surface area (Å²) in [5.74, 6) is 1.31. The molecule has 3 fully saturated rings. The van der Waals surface area contributed by atoms with Gasteiger partial charge >= 0.3 is 0 Å². The molecule has 0 unspecified atom stereocenters. The highest BCUT2D eigenvalue weighted by molar-refractivity contribution is 6.28. The number of anilines is 2. The molecule has 0 radical (unpaired) electrons. The predicted molar refractivity (Wildman–Crippen MR) is 78.0 cm³/mol. The first-order valence-electron chi connectivity index (χ1n) is 7.35. The number of hydrogen-bond donors (Lipinski definition) is 0. The Morgan fingerprint density at radius 1 is 1.14 bits per heavy atom. The van der Waals surface area contributed by atoms with Crippen molar-refractivity contribution in [2.45, 2.75) is 31.5 Å². The van der Waals surface area contributed by atoms with Gasteiger partial charge in [-0.3, -0.25) is 0 Å². The van der Waals surface area contributed by atoms with Crippen molar-refractivity contribution in [1.29, 1.82) is 0 Å². The van der Waals surface area contributed by atoms with Gasteiger partial charge < -0.3 is 19.3 Å². The molecule has 0 spiro atoms. The summed E-state index contributed by atoms with van der Waals surface area (Å²) in [7, 11) is 0. The fourth-order valence-electron chi connectivity index (χ4n) is 3.26. The molecule has 7 nitrogen and oxygen atoms in total. The molecule has 114 valence electrons. The van der Waals surface area contributed by atoms with E-state index in [1.54, 1.807) is 0 Å². The average Bonchev–Trinajstić information content (AvgIpc) is 3.10. The predicted octanol–water partition coefficient (Wildman–Crippen LogP) is 0.728. The molecule has 3 atom stereocenters. The first kappa shape index (κ1) is 13.5. The number of fused-ring (bicyclic) bond motifs is 2.